The van der Waals surface area contributed by atoms with Crippen molar-refractivity contribution in [2.75, 3.05) is 0 Å². The molecule has 12 heavy (non-hydrogen) atoms. The molecule has 0 aliphatic heterocycles. The molecule has 0 bridgehead atoms. The fraction of sp³-hybridized carbons (Fsp3) is 0.333. The predicted octanol–water partition coefficient (Wildman–Crippen LogP) is 1.72. The van der Waals surface area contributed by atoms with Crippen LogP contribution in [0.25, 0.3) is 0 Å². The lowest BCUT2D eigenvalue weighted by molar-refractivity contribution is 0.153. The number of aliphatic hydroxyl groups excluding tert-OH is 1. The minimum absolute atomic E-state index is 0.258. The second-order valence-corrected chi connectivity index (χ2v) is 3.29. The van der Waals surface area contributed by atoms with Crippen LogP contribution in [0, 0.1) is 0 Å². The Labute approximate surface area is 77.0 Å². The van der Waals surface area contributed by atoms with Crippen molar-refractivity contribution in [3.63, 3.8) is 0 Å². The van der Waals surface area contributed by atoms with Gasteiger partial charge in [-0.1, -0.05) is 23.7 Å². The summed E-state index contributed by atoms with van der Waals surface area (Å²) in [5, 5.41) is 10.2. The van der Waals surface area contributed by atoms with Gasteiger partial charge in [-0.15, -0.1) is 0 Å². The van der Waals surface area contributed by atoms with Gasteiger partial charge in [-0.05, 0) is 24.6 Å². The van der Waals surface area contributed by atoms with Crippen molar-refractivity contribution in [2.24, 2.45) is 5.73 Å². The molecule has 0 aliphatic carbocycles. The van der Waals surface area contributed by atoms with Crippen LogP contribution in [0.3, 0.4) is 0 Å². The number of nitrogens with two attached hydrogens (primary N) is 1. The van der Waals surface area contributed by atoms with Gasteiger partial charge in [-0.25, -0.2) is 0 Å². The summed E-state index contributed by atoms with van der Waals surface area (Å²) in [5.74, 6) is 0. The molecule has 3 N–H and O–H groups in total. The van der Waals surface area contributed by atoms with Crippen LogP contribution in [-0.4, -0.2) is 11.1 Å². The molecule has 0 radical (unpaired) electrons. The molecule has 0 amide bonds. The van der Waals surface area contributed by atoms with E-state index in [1.807, 2.05) is 0 Å². The molecule has 1 aromatic carbocycles. The predicted molar refractivity (Wildman–Crippen MR) is 50.1 cm³/mol. The van der Waals surface area contributed by atoms with Gasteiger partial charge in [-0.3, -0.25) is 0 Å². The summed E-state index contributed by atoms with van der Waals surface area (Å²) >= 11 is 5.68. The number of rotatable bonds is 2. The third-order valence-corrected chi connectivity index (χ3v) is 1.96. The maximum absolute atomic E-state index is 9.52. The molecule has 1 rings (SSSR count). The summed E-state index contributed by atoms with van der Waals surface area (Å²) in [4.78, 5) is 0. The molecule has 66 valence electrons. The Morgan fingerprint density at radius 2 is 1.83 bits per heavy atom. The molecule has 0 heterocycles. The van der Waals surface area contributed by atoms with Crippen molar-refractivity contribution in [1.82, 2.24) is 0 Å². The monoisotopic (exact) mass is 185 g/mol. The molecule has 0 saturated heterocycles. The second-order valence-electron chi connectivity index (χ2n) is 2.86. The molecule has 0 saturated carbocycles. The number of hydrogen-bond acceptors (Lipinski definition) is 2. The van der Waals surface area contributed by atoms with Crippen LogP contribution in [-0.2, 0) is 0 Å². The average molecular weight is 186 g/mol. The average Bonchev–Trinajstić information content (AvgIpc) is 2.04. The van der Waals surface area contributed by atoms with Crippen molar-refractivity contribution < 1.29 is 5.11 Å². The number of hydrogen-bond donors (Lipinski definition) is 2. The van der Waals surface area contributed by atoms with Crippen molar-refractivity contribution in [2.45, 2.75) is 19.1 Å². The molecule has 0 aliphatic rings. The van der Waals surface area contributed by atoms with Gasteiger partial charge >= 0.3 is 0 Å². The zero-order chi connectivity index (χ0) is 9.14. The summed E-state index contributed by atoms with van der Waals surface area (Å²) < 4.78 is 0. The molecule has 2 atom stereocenters. The fourth-order valence-corrected chi connectivity index (χ4v) is 1.09. The maximum Gasteiger partial charge on any atom is 0.0938 e. The minimum Gasteiger partial charge on any atom is -0.387 e. The summed E-state index contributed by atoms with van der Waals surface area (Å²) in [6, 6.07) is 6.77. The summed E-state index contributed by atoms with van der Waals surface area (Å²) in [7, 11) is 0. The van der Waals surface area contributed by atoms with Gasteiger partial charge in [0, 0.05) is 11.1 Å². The fourth-order valence-electron chi connectivity index (χ4n) is 0.964. The summed E-state index contributed by atoms with van der Waals surface area (Å²) in [6.45, 7) is 1.76. The van der Waals surface area contributed by atoms with Gasteiger partial charge in [0.25, 0.3) is 0 Å². The molecular formula is C9H12ClNO. The Morgan fingerprint density at radius 1 is 1.33 bits per heavy atom. The zero-order valence-electron chi connectivity index (χ0n) is 6.87. The van der Waals surface area contributed by atoms with Crippen molar-refractivity contribution in [3.8, 4) is 0 Å². The summed E-state index contributed by atoms with van der Waals surface area (Å²) in [5.41, 5.74) is 6.32. The molecular weight excluding hydrogens is 174 g/mol. The van der Waals surface area contributed by atoms with E-state index in [0.29, 0.717) is 5.02 Å². The van der Waals surface area contributed by atoms with Crippen LogP contribution in [0.2, 0.25) is 5.02 Å². The van der Waals surface area contributed by atoms with Crippen LogP contribution in [0.15, 0.2) is 24.3 Å². The van der Waals surface area contributed by atoms with E-state index >= 15 is 0 Å². The van der Waals surface area contributed by atoms with Crippen LogP contribution in [0.1, 0.15) is 18.6 Å². The zero-order valence-corrected chi connectivity index (χ0v) is 7.62. The largest absolute Gasteiger partial charge is 0.387 e. The third kappa shape index (κ3) is 2.21. The van der Waals surface area contributed by atoms with Crippen LogP contribution >= 0.6 is 11.6 Å². The molecule has 2 nitrogen and oxygen atoms in total. The van der Waals surface area contributed by atoms with Crippen molar-refractivity contribution >= 4 is 11.6 Å². The van der Waals surface area contributed by atoms with E-state index in [1.165, 1.54) is 0 Å². The Bertz CT molecular complexity index is 245. The number of aliphatic hydroxyl groups is 1. The van der Waals surface area contributed by atoms with Crippen molar-refractivity contribution in [1.29, 1.82) is 0 Å². The van der Waals surface area contributed by atoms with Gasteiger partial charge in [0.15, 0.2) is 0 Å². The first-order valence-corrected chi connectivity index (χ1v) is 4.18. The van der Waals surface area contributed by atoms with E-state index in [-0.39, 0.29) is 6.04 Å². The van der Waals surface area contributed by atoms with E-state index < -0.39 is 6.10 Å². The van der Waals surface area contributed by atoms with Crippen LogP contribution < -0.4 is 5.73 Å². The third-order valence-electron chi connectivity index (χ3n) is 1.71. The summed E-state index contributed by atoms with van der Waals surface area (Å²) in [6.07, 6.45) is -0.609. The Morgan fingerprint density at radius 3 is 2.25 bits per heavy atom. The smallest absolute Gasteiger partial charge is 0.0938 e. The van der Waals surface area contributed by atoms with Crippen LogP contribution in [0.4, 0.5) is 0 Å². The SMILES string of the molecule is CC(N)C(O)c1ccc(Cl)cc1. The van der Waals surface area contributed by atoms with Gasteiger partial charge in [0.1, 0.15) is 0 Å². The molecule has 2 unspecified atom stereocenters. The van der Waals surface area contributed by atoms with Gasteiger partial charge in [0.2, 0.25) is 0 Å². The minimum atomic E-state index is -0.609. The highest BCUT2D eigenvalue weighted by Gasteiger charge is 2.11. The molecule has 1 aromatic rings. The topological polar surface area (TPSA) is 46.2 Å². The molecule has 0 fully saturated rings. The first kappa shape index (κ1) is 9.52. The highest BCUT2D eigenvalue weighted by molar-refractivity contribution is 6.30. The van der Waals surface area contributed by atoms with Gasteiger partial charge in [-0.2, -0.15) is 0 Å². The normalized spacial score (nSPS) is 15.7. The highest BCUT2D eigenvalue weighted by atomic mass is 35.5. The molecule has 3 heteroatoms. The Hall–Kier alpha value is -0.570. The van der Waals surface area contributed by atoms with E-state index in [2.05, 4.69) is 0 Å². The second kappa shape index (κ2) is 3.90. The Kier molecular flexibility index (Phi) is 3.09. The number of benzene rings is 1. The Balaban J connectivity index is 2.82. The molecule has 0 spiro atoms. The molecule has 0 aromatic heterocycles. The van der Waals surface area contributed by atoms with E-state index in [9.17, 15) is 5.11 Å². The standard InChI is InChI=1S/C9H12ClNO/c1-6(11)9(12)7-2-4-8(10)5-3-7/h2-6,9,12H,11H2,1H3. The first-order chi connectivity index (χ1) is 5.61. The number of halogens is 1. The lowest BCUT2D eigenvalue weighted by Crippen LogP contribution is -2.24. The van der Waals surface area contributed by atoms with Gasteiger partial charge < -0.3 is 10.8 Å². The van der Waals surface area contributed by atoms with Gasteiger partial charge in [0.05, 0.1) is 6.10 Å². The lowest BCUT2D eigenvalue weighted by Gasteiger charge is -2.14. The van der Waals surface area contributed by atoms with E-state index in [0.717, 1.165) is 5.56 Å². The van der Waals surface area contributed by atoms with E-state index in [1.54, 1.807) is 31.2 Å². The lowest BCUT2D eigenvalue weighted by atomic mass is 10.0. The first-order valence-electron chi connectivity index (χ1n) is 3.80. The van der Waals surface area contributed by atoms with Crippen LogP contribution in [0.5, 0.6) is 0 Å². The van der Waals surface area contributed by atoms with Crippen molar-refractivity contribution in [3.05, 3.63) is 34.9 Å². The highest BCUT2D eigenvalue weighted by Crippen LogP contribution is 2.17. The quantitative estimate of drug-likeness (QED) is 0.737. The van der Waals surface area contributed by atoms with E-state index in [4.69, 9.17) is 17.3 Å². The maximum atomic E-state index is 9.52.